The van der Waals surface area contributed by atoms with E-state index < -0.39 is 0 Å². The monoisotopic (exact) mass is 310 g/mol. The second-order valence-corrected chi connectivity index (χ2v) is 5.75. The SMILES string of the molecule is ON=c1cc(-c2cc3sccc3cn2)oc2ccc(O)cc12. The molecule has 3 aromatic heterocycles. The van der Waals surface area contributed by atoms with E-state index in [0.29, 0.717) is 27.8 Å². The molecular weight excluding hydrogens is 300 g/mol. The highest BCUT2D eigenvalue weighted by molar-refractivity contribution is 7.17. The predicted octanol–water partition coefficient (Wildman–Crippen LogP) is 3.71. The Morgan fingerprint density at radius 1 is 1.14 bits per heavy atom. The normalized spacial score (nSPS) is 12.3. The summed E-state index contributed by atoms with van der Waals surface area (Å²) >= 11 is 1.62. The second-order valence-electron chi connectivity index (χ2n) is 4.80. The molecule has 0 aliphatic rings. The van der Waals surface area contributed by atoms with Crippen LogP contribution in [-0.2, 0) is 0 Å². The Balaban J connectivity index is 2.00. The number of rotatable bonds is 1. The van der Waals surface area contributed by atoms with Crippen LogP contribution in [0, 0.1) is 0 Å². The fourth-order valence-electron chi connectivity index (χ4n) is 2.36. The topological polar surface area (TPSA) is 78.9 Å². The molecule has 0 spiro atoms. The Labute approximate surface area is 128 Å². The Bertz CT molecular complexity index is 1070. The molecule has 0 fully saturated rings. The maximum atomic E-state index is 9.56. The molecule has 5 nitrogen and oxygen atoms in total. The molecule has 6 heteroatoms. The van der Waals surface area contributed by atoms with Crippen LogP contribution >= 0.6 is 11.3 Å². The van der Waals surface area contributed by atoms with Crippen LogP contribution in [0.5, 0.6) is 5.75 Å². The van der Waals surface area contributed by atoms with Crippen molar-refractivity contribution in [2.45, 2.75) is 0 Å². The second kappa shape index (κ2) is 4.85. The number of aromatic nitrogens is 1. The van der Waals surface area contributed by atoms with E-state index in [4.69, 9.17) is 4.42 Å². The van der Waals surface area contributed by atoms with Gasteiger partial charge in [0.05, 0.1) is 5.39 Å². The molecule has 2 N–H and O–H groups in total. The molecule has 0 unspecified atom stereocenters. The van der Waals surface area contributed by atoms with Crippen molar-refractivity contribution in [2.24, 2.45) is 5.16 Å². The molecule has 1 aromatic carbocycles. The minimum atomic E-state index is 0.0819. The zero-order chi connectivity index (χ0) is 15.1. The van der Waals surface area contributed by atoms with Gasteiger partial charge in [0.25, 0.3) is 0 Å². The van der Waals surface area contributed by atoms with E-state index in [2.05, 4.69) is 10.1 Å². The molecule has 0 bridgehead atoms. The van der Waals surface area contributed by atoms with Crippen LogP contribution in [0.25, 0.3) is 32.5 Å². The molecular formula is C16H10N2O3S. The van der Waals surface area contributed by atoms with Crippen molar-refractivity contribution >= 4 is 32.4 Å². The van der Waals surface area contributed by atoms with E-state index in [0.717, 1.165) is 10.1 Å². The number of nitrogens with zero attached hydrogens (tertiary/aromatic N) is 2. The highest BCUT2D eigenvalue weighted by Crippen LogP contribution is 2.27. The number of pyridine rings is 1. The van der Waals surface area contributed by atoms with E-state index in [-0.39, 0.29) is 5.75 Å². The highest BCUT2D eigenvalue weighted by Gasteiger charge is 2.09. The Morgan fingerprint density at radius 3 is 2.91 bits per heavy atom. The van der Waals surface area contributed by atoms with Crippen LogP contribution in [0.4, 0.5) is 0 Å². The van der Waals surface area contributed by atoms with Gasteiger partial charge in [0.15, 0.2) is 5.76 Å². The van der Waals surface area contributed by atoms with E-state index >= 15 is 0 Å². The first-order valence-electron chi connectivity index (χ1n) is 6.53. The molecule has 4 aromatic rings. The average Bonchev–Trinajstić information content (AvgIpc) is 3.01. The largest absolute Gasteiger partial charge is 0.508 e. The summed E-state index contributed by atoms with van der Waals surface area (Å²) in [5.74, 6) is 0.583. The Kier molecular flexibility index (Phi) is 2.83. The van der Waals surface area contributed by atoms with Crippen LogP contribution in [0.1, 0.15) is 0 Å². The third-order valence-corrected chi connectivity index (χ3v) is 4.30. The Morgan fingerprint density at radius 2 is 2.05 bits per heavy atom. The summed E-state index contributed by atoms with van der Waals surface area (Å²) in [7, 11) is 0. The molecule has 0 saturated heterocycles. The van der Waals surface area contributed by atoms with E-state index in [9.17, 15) is 10.3 Å². The summed E-state index contributed by atoms with van der Waals surface area (Å²) in [6.45, 7) is 0. The van der Waals surface area contributed by atoms with Gasteiger partial charge in [-0.3, -0.25) is 4.98 Å². The molecule has 0 amide bonds. The van der Waals surface area contributed by atoms with Crippen molar-refractivity contribution in [1.82, 2.24) is 4.98 Å². The van der Waals surface area contributed by atoms with Crippen molar-refractivity contribution in [3.8, 4) is 17.2 Å². The van der Waals surface area contributed by atoms with Crippen molar-refractivity contribution < 1.29 is 14.7 Å². The number of thiophene rings is 1. The maximum absolute atomic E-state index is 9.56. The van der Waals surface area contributed by atoms with Gasteiger partial charge in [0.2, 0.25) is 0 Å². The van der Waals surface area contributed by atoms with Gasteiger partial charge in [-0.15, -0.1) is 11.3 Å². The van der Waals surface area contributed by atoms with Gasteiger partial charge in [-0.1, -0.05) is 5.16 Å². The van der Waals surface area contributed by atoms with Crippen LogP contribution in [0.15, 0.2) is 57.5 Å². The molecule has 22 heavy (non-hydrogen) atoms. The van der Waals surface area contributed by atoms with Crippen molar-refractivity contribution in [3.05, 3.63) is 53.3 Å². The molecule has 0 aliphatic heterocycles. The van der Waals surface area contributed by atoms with E-state index in [1.54, 1.807) is 29.7 Å². The van der Waals surface area contributed by atoms with Gasteiger partial charge in [-0.25, -0.2) is 0 Å². The zero-order valence-electron chi connectivity index (χ0n) is 11.2. The lowest BCUT2D eigenvalue weighted by Gasteiger charge is -2.04. The lowest BCUT2D eigenvalue weighted by atomic mass is 10.2. The fourth-order valence-corrected chi connectivity index (χ4v) is 3.15. The smallest absolute Gasteiger partial charge is 0.155 e. The van der Waals surface area contributed by atoms with Crippen LogP contribution < -0.4 is 5.36 Å². The van der Waals surface area contributed by atoms with Crippen molar-refractivity contribution in [1.29, 1.82) is 0 Å². The number of phenolic OH excluding ortho intramolecular Hbond substituents is 1. The highest BCUT2D eigenvalue weighted by atomic mass is 32.1. The van der Waals surface area contributed by atoms with Gasteiger partial charge in [-0.05, 0) is 35.7 Å². The molecule has 4 rings (SSSR count). The number of hydrogen-bond acceptors (Lipinski definition) is 6. The van der Waals surface area contributed by atoms with Crippen LogP contribution in [-0.4, -0.2) is 15.3 Å². The lowest BCUT2D eigenvalue weighted by molar-refractivity contribution is 0.302. The molecule has 3 heterocycles. The summed E-state index contributed by atoms with van der Waals surface area (Å²) in [4.78, 5) is 4.39. The van der Waals surface area contributed by atoms with Gasteiger partial charge in [0.1, 0.15) is 22.4 Å². The summed E-state index contributed by atoms with van der Waals surface area (Å²) in [5, 5.41) is 26.0. The molecule has 0 saturated carbocycles. The molecule has 108 valence electrons. The summed E-state index contributed by atoms with van der Waals surface area (Å²) in [6, 6.07) is 10.2. The summed E-state index contributed by atoms with van der Waals surface area (Å²) in [5.41, 5.74) is 1.17. The fraction of sp³-hybridized carbons (Fsp3) is 0. The first kappa shape index (κ1) is 12.8. The van der Waals surface area contributed by atoms with E-state index in [1.165, 1.54) is 12.1 Å². The molecule has 0 atom stereocenters. The standard InChI is InChI=1S/C16H10N2O3S/c19-10-1-2-14-11(5-10)12(18-20)6-15(21-14)13-7-16-9(8-17-13)3-4-22-16/h1-8,19-20H. The summed E-state index contributed by atoms with van der Waals surface area (Å²) in [6.07, 6.45) is 1.79. The first-order chi connectivity index (χ1) is 10.7. The molecule has 0 radical (unpaired) electrons. The van der Waals surface area contributed by atoms with Crippen molar-refractivity contribution in [3.63, 3.8) is 0 Å². The zero-order valence-corrected chi connectivity index (χ0v) is 12.0. The number of phenols is 1. The van der Waals surface area contributed by atoms with E-state index in [1.807, 2.05) is 17.5 Å². The summed E-state index contributed by atoms with van der Waals surface area (Å²) < 4.78 is 6.94. The van der Waals surface area contributed by atoms with Crippen molar-refractivity contribution in [2.75, 3.05) is 0 Å². The minimum absolute atomic E-state index is 0.0819. The third-order valence-electron chi connectivity index (χ3n) is 3.42. The van der Waals surface area contributed by atoms with Gasteiger partial charge in [-0.2, -0.15) is 0 Å². The minimum Gasteiger partial charge on any atom is -0.508 e. The number of fused-ring (bicyclic) bond motifs is 2. The first-order valence-corrected chi connectivity index (χ1v) is 7.41. The number of hydrogen-bond donors (Lipinski definition) is 2. The average molecular weight is 310 g/mol. The van der Waals surface area contributed by atoms with Gasteiger partial charge in [0, 0.05) is 22.3 Å². The number of aromatic hydroxyl groups is 1. The quantitative estimate of drug-likeness (QED) is 0.415. The van der Waals surface area contributed by atoms with Crippen LogP contribution in [0.3, 0.4) is 0 Å². The predicted molar refractivity (Wildman–Crippen MR) is 83.8 cm³/mol. The molecule has 0 aliphatic carbocycles. The lowest BCUT2D eigenvalue weighted by Crippen LogP contribution is -2.03. The maximum Gasteiger partial charge on any atom is 0.155 e. The van der Waals surface area contributed by atoms with Gasteiger partial charge >= 0.3 is 0 Å². The Hall–Kier alpha value is -2.86. The third kappa shape index (κ3) is 2.01. The van der Waals surface area contributed by atoms with Gasteiger partial charge < -0.3 is 14.7 Å². The van der Waals surface area contributed by atoms with Crippen LogP contribution in [0.2, 0.25) is 0 Å². The number of benzene rings is 1.